The molecule has 0 fully saturated rings. The van der Waals surface area contributed by atoms with E-state index in [1.807, 2.05) is 0 Å². The topological polar surface area (TPSA) is 85.1 Å². The van der Waals surface area contributed by atoms with Crippen molar-refractivity contribution in [1.29, 1.82) is 0 Å². The van der Waals surface area contributed by atoms with E-state index in [1.165, 1.54) is 30.6 Å². The molecular formula is C13H10ClN3O3. The lowest BCUT2D eigenvalue weighted by Crippen LogP contribution is -2.14. The molecule has 1 amide bonds. The number of pyridine rings is 1. The van der Waals surface area contributed by atoms with E-state index in [-0.39, 0.29) is 18.0 Å². The van der Waals surface area contributed by atoms with E-state index in [9.17, 15) is 14.9 Å². The molecule has 0 radical (unpaired) electrons. The van der Waals surface area contributed by atoms with Crippen molar-refractivity contribution < 1.29 is 9.72 Å². The van der Waals surface area contributed by atoms with Crippen LogP contribution in [-0.4, -0.2) is 15.8 Å². The lowest BCUT2D eigenvalue weighted by Gasteiger charge is -2.06. The first-order valence-corrected chi connectivity index (χ1v) is 6.07. The van der Waals surface area contributed by atoms with Gasteiger partial charge in [0.05, 0.1) is 28.3 Å². The van der Waals surface area contributed by atoms with E-state index in [0.29, 0.717) is 16.3 Å². The third-order valence-electron chi connectivity index (χ3n) is 2.53. The van der Waals surface area contributed by atoms with Crippen molar-refractivity contribution in [3.8, 4) is 0 Å². The number of benzene rings is 1. The molecule has 2 rings (SSSR count). The molecule has 1 N–H and O–H groups in total. The minimum Gasteiger partial charge on any atom is -0.323 e. The second kappa shape index (κ2) is 6.12. The van der Waals surface area contributed by atoms with E-state index < -0.39 is 4.92 Å². The molecule has 2 aromatic rings. The Morgan fingerprint density at radius 1 is 1.40 bits per heavy atom. The van der Waals surface area contributed by atoms with Gasteiger partial charge in [0, 0.05) is 18.3 Å². The number of halogens is 1. The summed E-state index contributed by atoms with van der Waals surface area (Å²) in [5.74, 6) is -0.319. The van der Waals surface area contributed by atoms with Crippen molar-refractivity contribution in [3.05, 3.63) is 63.4 Å². The quantitative estimate of drug-likeness (QED) is 0.693. The van der Waals surface area contributed by atoms with Crippen molar-refractivity contribution in [2.24, 2.45) is 0 Å². The third-order valence-corrected chi connectivity index (χ3v) is 2.86. The van der Waals surface area contributed by atoms with E-state index in [2.05, 4.69) is 10.3 Å². The number of amides is 1. The van der Waals surface area contributed by atoms with Gasteiger partial charge in [-0.2, -0.15) is 0 Å². The highest BCUT2D eigenvalue weighted by Crippen LogP contribution is 2.19. The monoisotopic (exact) mass is 291 g/mol. The molecule has 1 heterocycles. The molecule has 0 aliphatic carbocycles. The van der Waals surface area contributed by atoms with Gasteiger partial charge in [-0.1, -0.05) is 23.7 Å². The fourth-order valence-electron chi connectivity index (χ4n) is 1.63. The normalized spacial score (nSPS) is 10.1. The van der Waals surface area contributed by atoms with Crippen molar-refractivity contribution in [1.82, 2.24) is 4.98 Å². The number of hydrogen-bond acceptors (Lipinski definition) is 4. The largest absolute Gasteiger partial charge is 0.323 e. The van der Waals surface area contributed by atoms with Gasteiger partial charge < -0.3 is 5.32 Å². The molecule has 1 aromatic carbocycles. The fourth-order valence-corrected chi connectivity index (χ4v) is 1.78. The minimum atomic E-state index is -0.501. The Morgan fingerprint density at radius 3 is 2.90 bits per heavy atom. The van der Waals surface area contributed by atoms with Crippen LogP contribution in [0.5, 0.6) is 0 Å². The van der Waals surface area contributed by atoms with Crippen LogP contribution in [0.4, 0.5) is 11.4 Å². The number of nitrogens with zero attached hydrogens (tertiary/aromatic N) is 2. The lowest BCUT2D eigenvalue weighted by atomic mass is 10.1. The fraction of sp³-hybridized carbons (Fsp3) is 0.0769. The predicted octanol–water partition coefficient (Wildman–Crippen LogP) is 2.82. The van der Waals surface area contributed by atoms with Crippen molar-refractivity contribution in [3.63, 3.8) is 0 Å². The number of nitrogens with one attached hydrogen (secondary N) is 1. The Balaban J connectivity index is 2.07. The maximum atomic E-state index is 11.8. The zero-order valence-electron chi connectivity index (χ0n) is 10.2. The number of hydrogen-bond donors (Lipinski definition) is 1. The van der Waals surface area contributed by atoms with Gasteiger partial charge in [-0.05, 0) is 11.6 Å². The van der Waals surface area contributed by atoms with Gasteiger partial charge in [-0.15, -0.1) is 0 Å². The zero-order valence-corrected chi connectivity index (χ0v) is 11.0. The first-order chi connectivity index (χ1) is 9.56. The van der Waals surface area contributed by atoms with Gasteiger partial charge in [0.15, 0.2) is 0 Å². The number of carbonyl (C=O) groups is 1. The van der Waals surface area contributed by atoms with E-state index in [1.54, 1.807) is 12.1 Å². The van der Waals surface area contributed by atoms with Crippen LogP contribution in [-0.2, 0) is 11.2 Å². The maximum absolute atomic E-state index is 11.8. The Bertz CT molecular complexity index is 661. The highest BCUT2D eigenvalue weighted by molar-refractivity contribution is 6.33. The van der Waals surface area contributed by atoms with E-state index in [4.69, 9.17) is 11.6 Å². The molecule has 0 unspecified atom stereocenters. The number of aromatic nitrogens is 1. The van der Waals surface area contributed by atoms with Crippen LogP contribution in [0.25, 0.3) is 0 Å². The molecule has 102 valence electrons. The summed E-state index contributed by atoms with van der Waals surface area (Å²) in [6.45, 7) is 0. The van der Waals surface area contributed by atoms with Crippen molar-refractivity contribution in [2.75, 3.05) is 5.32 Å². The highest BCUT2D eigenvalue weighted by Gasteiger charge is 2.10. The summed E-state index contributed by atoms with van der Waals surface area (Å²) in [4.78, 5) is 25.9. The first-order valence-electron chi connectivity index (χ1n) is 5.69. The zero-order chi connectivity index (χ0) is 14.5. The first kappa shape index (κ1) is 14.0. The molecule has 0 saturated carbocycles. The molecule has 1 aromatic heterocycles. The second-order valence-corrected chi connectivity index (χ2v) is 4.41. The molecule has 0 bridgehead atoms. The SMILES string of the molecule is O=C(Cc1cccc([N+](=O)[O-])c1)Nc1cnccc1Cl. The average molecular weight is 292 g/mol. The summed E-state index contributed by atoms with van der Waals surface area (Å²) in [6.07, 6.45) is 2.97. The van der Waals surface area contributed by atoms with Gasteiger partial charge >= 0.3 is 0 Å². The number of nitro groups is 1. The molecule has 0 aliphatic rings. The number of rotatable bonds is 4. The van der Waals surface area contributed by atoms with Gasteiger partial charge in [-0.3, -0.25) is 19.9 Å². The summed E-state index contributed by atoms with van der Waals surface area (Å²) < 4.78 is 0. The Morgan fingerprint density at radius 2 is 2.20 bits per heavy atom. The number of nitro benzene ring substituents is 1. The van der Waals surface area contributed by atoms with Crippen LogP contribution >= 0.6 is 11.6 Å². The highest BCUT2D eigenvalue weighted by atomic mass is 35.5. The molecule has 0 aliphatic heterocycles. The maximum Gasteiger partial charge on any atom is 0.269 e. The summed E-state index contributed by atoms with van der Waals surface area (Å²) in [5.41, 5.74) is 0.913. The van der Waals surface area contributed by atoms with Gasteiger partial charge in [0.25, 0.3) is 5.69 Å². The molecule has 0 saturated heterocycles. The smallest absolute Gasteiger partial charge is 0.269 e. The number of non-ortho nitro benzene ring substituents is 1. The van der Waals surface area contributed by atoms with E-state index in [0.717, 1.165) is 0 Å². The Labute approximate surface area is 119 Å². The molecule has 7 heteroatoms. The van der Waals surface area contributed by atoms with Crippen molar-refractivity contribution in [2.45, 2.75) is 6.42 Å². The minimum absolute atomic E-state index is 0.0207. The van der Waals surface area contributed by atoms with Crippen LogP contribution < -0.4 is 5.32 Å². The van der Waals surface area contributed by atoms with Crippen LogP contribution in [0.15, 0.2) is 42.7 Å². The number of anilines is 1. The second-order valence-electron chi connectivity index (χ2n) is 4.01. The lowest BCUT2D eigenvalue weighted by molar-refractivity contribution is -0.384. The number of carbonyl (C=O) groups excluding carboxylic acids is 1. The summed E-state index contributed by atoms with van der Waals surface area (Å²) in [6, 6.07) is 7.49. The van der Waals surface area contributed by atoms with Crippen molar-refractivity contribution >= 4 is 28.9 Å². The Hall–Kier alpha value is -2.47. The third kappa shape index (κ3) is 3.52. The van der Waals surface area contributed by atoms with E-state index >= 15 is 0 Å². The summed E-state index contributed by atoms with van der Waals surface area (Å²) in [5, 5.41) is 13.6. The van der Waals surface area contributed by atoms with Gasteiger partial charge in [-0.25, -0.2) is 0 Å². The predicted molar refractivity (Wildman–Crippen MR) is 74.7 cm³/mol. The van der Waals surface area contributed by atoms with Gasteiger partial charge in [0.1, 0.15) is 0 Å². The molecule has 6 nitrogen and oxygen atoms in total. The standard InChI is InChI=1S/C13H10ClN3O3/c14-11-4-5-15-8-12(11)16-13(18)7-9-2-1-3-10(6-9)17(19)20/h1-6,8H,7H2,(H,16,18). The molecular weight excluding hydrogens is 282 g/mol. The molecule has 20 heavy (non-hydrogen) atoms. The van der Waals surface area contributed by atoms with Crippen LogP contribution in [0, 0.1) is 10.1 Å². The average Bonchev–Trinajstić information content (AvgIpc) is 2.41. The molecule has 0 atom stereocenters. The van der Waals surface area contributed by atoms with Crippen LogP contribution in [0.2, 0.25) is 5.02 Å². The summed E-state index contributed by atoms with van der Waals surface area (Å²) in [7, 11) is 0. The van der Waals surface area contributed by atoms with Gasteiger partial charge in [0.2, 0.25) is 5.91 Å². The summed E-state index contributed by atoms with van der Waals surface area (Å²) >= 11 is 5.89. The molecule has 0 spiro atoms. The van der Waals surface area contributed by atoms with Crippen LogP contribution in [0.1, 0.15) is 5.56 Å². The Kier molecular flexibility index (Phi) is 4.27. The van der Waals surface area contributed by atoms with Crippen LogP contribution in [0.3, 0.4) is 0 Å².